The van der Waals surface area contributed by atoms with Crippen LogP contribution in [0.4, 0.5) is 38.5 Å². The van der Waals surface area contributed by atoms with Crippen molar-refractivity contribution in [3.05, 3.63) is 40.9 Å². The van der Waals surface area contributed by atoms with Crippen molar-refractivity contribution in [1.29, 1.82) is 0 Å². The lowest BCUT2D eigenvalue weighted by molar-refractivity contribution is -0.0506. The summed E-state index contributed by atoms with van der Waals surface area (Å²) >= 11 is 3.19. The average Bonchev–Trinajstić information content (AvgIpc) is 3.72. The van der Waals surface area contributed by atoms with Crippen molar-refractivity contribution in [2.75, 3.05) is 62.2 Å². The van der Waals surface area contributed by atoms with Crippen molar-refractivity contribution in [1.82, 2.24) is 9.80 Å². The summed E-state index contributed by atoms with van der Waals surface area (Å²) in [5.74, 6) is 0.114. The van der Waals surface area contributed by atoms with Crippen molar-refractivity contribution in [3.63, 3.8) is 0 Å². The molecule has 16 nitrogen and oxygen atoms in total. The highest BCUT2D eigenvalue weighted by atomic mass is 79.9. The molecule has 5 aliphatic heterocycles. The second-order valence-electron chi connectivity index (χ2n) is 23.8. The summed E-state index contributed by atoms with van der Waals surface area (Å²) in [6, 6.07) is 10.2. The summed E-state index contributed by atoms with van der Waals surface area (Å²) in [4.78, 5) is 31.7. The monoisotopic (exact) mass is 1110 g/mol. The standard InChI is InChI=1S/C22H33BF2N2O5.C16H21BrF2N2O3.C12H24B2O4/c1-20(2,3)30-19(28)27-12-10-26(11-13-27)15-8-9-16(17(14-15)29-18(24)25)23-31-21(4,5)22(6,7)32-23;1-16(2,3)24-15(22)21-8-6-20(7-9-21)11-4-5-12(17)13(10-11)23-14(18)19;1-9(2)10(3,4)16-13(15-9)14-17-11(5,6)12(7,8)18-14/h8-9,14,18H,10-13H2,1-7H3;4-5,10,14H,6-9H2,1-3H3;1-8H3. The molecule has 0 spiro atoms. The summed E-state index contributed by atoms with van der Waals surface area (Å²) in [6.45, 7) is 33.2. The van der Waals surface area contributed by atoms with E-state index in [0.717, 1.165) is 11.4 Å². The highest BCUT2D eigenvalue weighted by Gasteiger charge is 2.64. The molecule has 2 aromatic carbocycles. The molecule has 0 saturated carbocycles. The highest BCUT2D eigenvalue weighted by Crippen LogP contribution is 2.43. The number of carbonyl (C=O) groups excluding carboxylic acids is 2. The molecular formula is C50H78B3BrF4N4O12. The van der Waals surface area contributed by atoms with Gasteiger partial charge in [0.15, 0.2) is 0 Å². The molecule has 2 aromatic rings. The molecule has 414 valence electrons. The molecule has 0 aliphatic carbocycles. The summed E-state index contributed by atoms with van der Waals surface area (Å²) < 4.78 is 108. The third-order valence-electron chi connectivity index (χ3n) is 14.2. The molecule has 5 saturated heterocycles. The van der Waals surface area contributed by atoms with Gasteiger partial charge in [0.2, 0.25) is 0 Å². The maximum absolute atomic E-state index is 13.2. The lowest BCUT2D eigenvalue weighted by atomic mass is 9.49. The fourth-order valence-corrected chi connectivity index (χ4v) is 8.24. The van der Waals surface area contributed by atoms with Gasteiger partial charge in [-0.05, 0) is 159 Å². The summed E-state index contributed by atoms with van der Waals surface area (Å²) in [7, 11) is -1.76. The smallest absolute Gasteiger partial charge is 0.444 e. The van der Waals surface area contributed by atoms with Gasteiger partial charge < -0.3 is 66.5 Å². The largest absolute Gasteiger partial charge is 0.498 e. The zero-order valence-corrected chi connectivity index (χ0v) is 48.2. The Kier molecular flexibility index (Phi) is 18.8. The molecule has 7 rings (SSSR count). The minimum atomic E-state index is -2.98. The van der Waals surface area contributed by atoms with E-state index in [0.29, 0.717) is 62.3 Å². The Morgan fingerprint density at radius 1 is 0.514 bits per heavy atom. The minimum absolute atomic E-state index is 0.0190. The van der Waals surface area contributed by atoms with E-state index in [1.165, 1.54) is 0 Å². The molecule has 5 fully saturated rings. The Morgan fingerprint density at radius 3 is 1.16 bits per heavy atom. The Balaban J connectivity index is 0.000000214. The van der Waals surface area contributed by atoms with Crippen LogP contribution in [0.1, 0.15) is 125 Å². The van der Waals surface area contributed by atoms with Crippen molar-refractivity contribution >= 4 is 66.1 Å². The number of hydrogen-bond donors (Lipinski definition) is 0. The molecule has 74 heavy (non-hydrogen) atoms. The Morgan fingerprint density at radius 2 is 0.824 bits per heavy atom. The first-order valence-electron chi connectivity index (χ1n) is 25.1. The van der Waals surface area contributed by atoms with Crippen LogP contribution < -0.4 is 24.7 Å². The molecule has 0 aromatic heterocycles. The van der Waals surface area contributed by atoms with Gasteiger partial charge in [-0.25, -0.2) is 9.59 Å². The number of rotatable bonds is 8. The number of carbonyl (C=O) groups is 2. The maximum atomic E-state index is 13.2. The Hall–Kier alpha value is -3.67. The first-order chi connectivity index (χ1) is 33.7. The quantitative estimate of drug-likeness (QED) is 0.183. The van der Waals surface area contributed by atoms with Crippen LogP contribution in [0, 0.1) is 0 Å². The van der Waals surface area contributed by atoms with E-state index in [1.807, 2.05) is 147 Å². The van der Waals surface area contributed by atoms with Gasteiger partial charge in [-0.1, -0.05) is 6.07 Å². The summed E-state index contributed by atoms with van der Waals surface area (Å²) in [5.41, 5.74) is -1.80. The van der Waals surface area contributed by atoms with Gasteiger partial charge in [-0.3, -0.25) is 0 Å². The second-order valence-corrected chi connectivity index (χ2v) is 24.7. The van der Waals surface area contributed by atoms with Gasteiger partial charge in [0.25, 0.3) is 0 Å². The van der Waals surface area contributed by atoms with E-state index in [1.54, 1.807) is 34.1 Å². The first kappa shape index (κ1) is 61.2. The maximum Gasteiger partial charge on any atom is 0.498 e. The number of halogens is 5. The predicted molar refractivity (Wildman–Crippen MR) is 282 cm³/mol. The molecule has 0 N–H and O–H groups in total. The van der Waals surface area contributed by atoms with E-state index in [-0.39, 0.29) is 46.1 Å². The van der Waals surface area contributed by atoms with Crippen LogP contribution in [0.3, 0.4) is 0 Å². The van der Waals surface area contributed by atoms with Gasteiger partial charge in [0, 0.05) is 81.3 Å². The number of benzene rings is 2. The van der Waals surface area contributed by atoms with Crippen molar-refractivity contribution in [3.8, 4) is 11.5 Å². The minimum Gasteiger partial charge on any atom is -0.444 e. The van der Waals surface area contributed by atoms with Gasteiger partial charge in [-0.2, -0.15) is 17.6 Å². The van der Waals surface area contributed by atoms with Crippen molar-refractivity contribution in [2.45, 2.75) is 183 Å². The molecule has 5 aliphatic rings. The average molecular weight is 1120 g/mol. The van der Waals surface area contributed by atoms with Gasteiger partial charge in [0.05, 0.1) is 38.1 Å². The SMILES string of the molecule is CC(C)(C)OC(=O)N1CCN(c2ccc(B3OC(C)(C)C(C)(C)O3)c(OC(F)F)c2)CC1.CC(C)(C)OC(=O)N1CCN(c2ccc(Br)c(OC(F)F)c2)CC1.CC1(C)OB(B2OC(C)(C)C(C)(C)O2)OC1(C)C. The van der Waals surface area contributed by atoms with Crippen molar-refractivity contribution < 1.29 is 74.0 Å². The molecule has 0 bridgehead atoms. The fourth-order valence-electron chi connectivity index (χ4n) is 7.90. The molecular weight excluding hydrogens is 1040 g/mol. The normalized spacial score (nSPS) is 21.8. The lowest BCUT2D eigenvalue weighted by Gasteiger charge is -2.37. The number of ether oxygens (including phenoxy) is 4. The van der Waals surface area contributed by atoms with E-state index < -0.39 is 56.8 Å². The molecule has 24 heteroatoms. The number of alkyl halides is 4. The van der Waals surface area contributed by atoms with Crippen LogP contribution >= 0.6 is 15.9 Å². The third-order valence-corrected chi connectivity index (χ3v) is 14.9. The van der Waals surface area contributed by atoms with Gasteiger partial charge in [0.1, 0.15) is 22.7 Å². The molecule has 0 unspecified atom stereocenters. The molecule has 2 amide bonds. The molecule has 5 heterocycles. The van der Waals surface area contributed by atoms with Crippen LogP contribution in [-0.4, -0.2) is 154 Å². The zero-order valence-electron chi connectivity index (χ0n) is 46.6. The van der Waals surface area contributed by atoms with Crippen LogP contribution in [-0.2, 0) is 37.4 Å². The van der Waals surface area contributed by atoms with Crippen molar-refractivity contribution in [2.24, 2.45) is 0 Å². The Bertz CT molecular complexity index is 2170. The predicted octanol–water partition coefficient (Wildman–Crippen LogP) is 10.0. The van der Waals surface area contributed by atoms with Gasteiger partial charge in [-0.15, -0.1) is 0 Å². The number of piperazine rings is 2. The van der Waals surface area contributed by atoms with E-state index in [9.17, 15) is 27.2 Å². The highest BCUT2D eigenvalue weighted by molar-refractivity contribution is 9.10. The second kappa shape index (κ2) is 22.7. The number of amides is 2. The Labute approximate surface area is 445 Å². The summed E-state index contributed by atoms with van der Waals surface area (Å²) in [5, 5.41) is 0. The van der Waals surface area contributed by atoms with Crippen LogP contribution in [0.5, 0.6) is 11.5 Å². The first-order valence-corrected chi connectivity index (χ1v) is 25.9. The van der Waals surface area contributed by atoms with E-state index in [2.05, 4.69) is 20.7 Å². The third kappa shape index (κ3) is 15.5. The zero-order chi connectivity index (χ0) is 55.8. The number of nitrogens with zero attached hydrogens (tertiary/aromatic N) is 4. The molecule has 0 radical (unpaired) electrons. The number of hydrogen-bond acceptors (Lipinski definition) is 14. The van der Waals surface area contributed by atoms with Crippen LogP contribution in [0.15, 0.2) is 40.9 Å². The molecule has 0 atom stereocenters. The van der Waals surface area contributed by atoms with Crippen LogP contribution in [0.2, 0.25) is 0 Å². The lowest BCUT2D eigenvalue weighted by Crippen LogP contribution is -2.50. The summed E-state index contributed by atoms with van der Waals surface area (Å²) in [6.07, 6.45) is -0.686. The van der Waals surface area contributed by atoms with Gasteiger partial charge >= 0.3 is 46.5 Å². The topological polar surface area (TPSA) is 139 Å². The fraction of sp³-hybridized carbons (Fsp3) is 0.720. The number of anilines is 2. The van der Waals surface area contributed by atoms with E-state index in [4.69, 9.17) is 42.1 Å². The van der Waals surface area contributed by atoms with Crippen LogP contribution in [0.25, 0.3) is 0 Å². The van der Waals surface area contributed by atoms with E-state index >= 15 is 0 Å².